The molecule has 0 aliphatic heterocycles. The van der Waals surface area contributed by atoms with Crippen molar-refractivity contribution in [1.82, 2.24) is 19.5 Å². The van der Waals surface area contributed by atoms with Crippen molar-refractivity contribution < 1.29 is 19.1 Å². The lowest BCUT2D eigenvalue weighted by Crippen LogP contribution is -2.26. The number of ether oxygens (including phenoxy) is 2. The Labute approximate surface area is 139 Å². The molecule has 24 heavy (non-hydrogen) atoms. The minimum absolute atomic E-state index is 0.378. The van der Waals surface area contributed by atoms with E-state index in [1.165, 1.54) is 20.5 Å². The van der Waals surface area contributed by atoms with Crippen molar-refractivity contribution in [3.05, 3.63) is 12.7 Å². The summed E-state index contributed by atoms with van der Waals surface area (Å²) in [7, 11) is 4.30. The molecule has 0 bridgehead atoms. The Hall–Kier alpha value is -2.71. The van der Waals surface area contributed by atoms with Crippen molar-refractivity contribution >= 4 is 28.9 Å². The van der Waals surface area contributed by atoms with Crippen molar-refractivity contribution in [2.24, 2.45) is 5.92 Å². The van der Waals surface area contributed by atoms with Gasteiger partial charge in [-0.15, -0.1) is 0 Å². The number of carbonyl (C=O) groups excluding carboxylic acids is 2. The van der Waals surface area contributed by atoms with Gasteiger partial charge in [0.05, 0.1) is 20.5 Å². The summed E-state index contributed by atoms with van der Waals surface area (Å²) in [6.07, 6.45) is 4.99. The number of fused-ring (bicyclic) bond motifs is 1. The largest absolute Gasteiger partial charge is 0.468 e. The highest BCUT2D eigenvalue weighted by atomic mass is 16.5. The van der Waals surface area contributed by atoms with Gasteiger partial charge in [-0.3, -0.25) is 9.59 Å². The molecular weight excluding hydrogens is 314 g/mol. The van der Waals surface area contributed by atoms with Gasteiger partial charge in [-0.05, 0) is 12.8 Å². The first-order valence-corrected chi connectivity index (χ1v) is 7.61. The molecule has 0 aromatic carbocycles. The highest BCUT2D eigenvalue weighted by molar-refractivity contribution is 5.94. The van der Waals surface area contributed by atoms with Gasteiger partial charge < -0.3 is 19.4 Å². The van der Waals surface area contributed by atoms with Crippen LogP contribution in [0.3, 0.4) is 0 Å². The van der Waals surface area contributed by atoms with Gasteiger partial charge in [-0.2, -0.15) is 0 Å². The van der Waals surface area contributed by atoms with E-state index in [0.717, 1.165) is 12.1 Å². The van der Waals surface area contributed by atoms with Crippen LogP contribution in [0.25, 0.3) is 11.2 Å². The fraction of sp³-hybridized carbons (Fsp3) is 0.533. The fourth-order valence-corrected chi connectivity index (χ4v) is 2.47. The predicted molar refractivity (Wildman–Crippen MR) is 86.2 cm³/mol. The molecule has 0 saturated heterocycles. The third kappa shape index (κ3) is 3.79. The summed E-state index contributed by atoms with van der Waals surface area (Å²) in [6.45, 7) is 0.672. The molecule has 2 heterocycles. The topological polar surface area (TPSA) is 108 Å². The van der Waals surface area contributed by atoms with Crippen LogP contribution < -0.4 is 5.32 Å². The standard InChI is InChI=1S/C15H21N5O4/c1-16-12-11-13(18-8-17-12)20(9-19-11)7-5-4-6-10(14(21)23-2)15(22)24-3/h8-10H,4-7H2,1-3H3,(H,16,17,18). The molecule has 0 amide bonds. The van der Waals surface area contributed by atoms with Gasteiger partial charge in [0.2, 0.25) is 0 Å². The Balaban J connectivity index is 1.94. The zero-order valence-electron chi connectivity index (χ0n) is 14.0. The number of unbranched alkanes of at least 4 members (excludes halogenated alkanes) is 1. The van der Waals surface area contributed by atoms with E-state index in [-0.39, 0.29) is 0 Å². The van der Waals surface area contributed by atoms with Gasteiger partial charge in [0.25, 0.3) is 0 Å². The van der Waals surface area contributed by atoms with E-state index < -0.39 is 17.9 Å². The van der Waals surface area contributed by atoms with Gasteiger partial charge in [-0.1, -0.05) is 6.42 Å². The molecule has 0 saturated carbocycles. The van der Waals surface area contributed by atoms with Gasteiger partial charge >= 0.3 is 11.9 Å². The predicted octanol–water partition coefficient (Wildman–Crippen LogP) is 1.00. The third-order valence-corrected chi connectivity index (χ3v) is 3.75. The summed E-state index contributed by atoms with van der Waals surface area (Å²) in [5.74, 6) is -1.34. The SMILES string of the molecule is CNc1ncnc2c1ncn2CCCCC(C(=O)OC)C(=O)OC. The summed E-state index contributed by atoms with van der Waals surface area (Å²) in [5, 5.41) is 2.97. The molecule has 2 rings (SSSR count). The van der Waals surface area contributed by atoms with Crippen molar-refractivity contribution in [2.75, 3.05) is 26.6 Å². The molecule has 2 aromatic rings. The normalized spacial score (nSPS) is 10.8. The van der Waals surface area contributed by atoms with E-state index in [0.29, 0.717) is 30.7 Å². The number of anilines is 1. The summed E-state index contributed by atoms with van der Waals surface area (Å²) < 4.78 is 11.2. The smallest absolute Gasteiger partial charge is 0.320 e. The number of esters is 2. The Morgan fingerprint density at radius 3 is 2.50 bits per heavy atom. The van der Waals surface area contributed by atoms with Crippen LogP contribution in [0.2, 0.25) is 0 Å². The molecule has 0 aliphatic carbocycles. The molecule has 9 nitrogen and oxygen atoms in total. The second-order valence-electron chi connectivity index (χ2n) is 5.18. The fourth-order valence-electron chi connectivity index (χ4n) is 2.47. The molecule has 0 spiro atoms. The number of aryl methyl sites for hydroxylation is 1. The second-order valence-corrected chi connectivity index (χ2v) is 5.18. The molecule has 0 fully saturated rings. The second kappa shape index (κ2) is 8.23. The maximum absolute atomic E-state index is 11.6. The first-order valence-electron chi connectivity index (χ1n) is 7.61. The number of rotatable bonds is 8. The zero-order valence-corrected chi connectivity index (χ0v) is 14.0. The van der Waals surface area contributed by atoms with E-state index >= 15 is 0 Å². The van der Waals surface area contributed by atoms with E-state index in [4.69, 9.17) is 0 Å². The summed E-state index contributed by atoms with van der Waals surface area (Å²) in [6, 6.07) is 0. The van der Waals surface area contributed by atoms with E-state index in [9.17, 15) is 9.59 Å². The number of imidazole rings is 1. The first kappa shape index (κ1) is 17.6. The number of nitrogens with one attached hydrogen (secondary N) is 1. The molecule has 2 aromatic heterocycles. The lowest BCUT2D eigenvalue weighted by Gasteiger charge is -2.12. The number of hydrogen-bond donors (Lipinski definition) is 1. The summed E-state index contributed by atoms with van der Waals surface area (Å²) in [5.41, 5.74) is 1.45. The number of methoxy groups -OCH3 is 2. The van der Waals surface area contributed by atoms with Crippen LogP contribution in [0.5, 0.6) is 0 Å². The lowest BCUT2D eigenvalue weighted by atomic mass is 10.0. The van der Waals surface area contributed by atoms with Crippen molar-refractivity contribution in [1.29, 1.82) is 0 Å². The van der Waals surface area contributed by atoms with Gasteiger partial charge in [0.15, 0.2) is 17.4 Å². The quantitative estimate of drug-likeness (QED) is 0.432. The van der Waals surface area contributed by atoms with Crippen molar-refractivity contribution in [2.45, 2.75) is 25.8 Å². The number of aromatic nitrogens is 4. The molecule has 0 atom stereocenters. The van der Waals surface area contributed by atoms with Crippen LogP contribution in [-0.4, -0.2) is 52.7 Å². The maximum atomic E-state index is 11.6. The van der Waals surface area contributed by atoms with E-state index in [1.54, 1.807) is 13.4 Å². The molecule has 9 heteroatoms. The summed E-state index contributed by atoms with van der Waals surface area (Å²) >= 11 is 0. The Kier molecular flexibility index (Phi) is 6.05. The Morgan fingerprint density at radius 1 is 1.17 bits per heavy atom. The average molecular weight is 335 g/mol. The van der Waals surface area contributed by atoms with Crippen LogP contribution in [0.4, 0.5) is 5.82 Å². The van der Waals surface area contributed by atoms with E-state index in [2.05, 4.69) is 29.7 Å². The number of nitrogens with zero attached hydrogens (tertiary/aromatic N) is 4. The van der Waals surface area contributed by atoms with Crippen LogP contribution in [0, 0.1) is 5.92 Å². The molecule has 0 aliphatic rings. The highest BCUT2D eigenvalue weighted by Crippen LogP contribution is 2.18. The lowest BCUT2D eigenvalue weighted by molar-refractivity contribution is -0.159. The van der Waals surface area contributed by atoms with Gasteiger partial charge in [-0.25, -0.2) is 15.0 Å². The molecular formula is C15H21N5O4. The molecule has 130 valence electrons. The maximum Gasteiger partial charge on any atom is 0.320 e. The van der Waals surface area contributed by atoms with Crippen molar-refractivity contribution in [3.63, 3.8) is 0 Å². The first-order chi connectivity index (χ1) is 11.6. The minimum Gasteiger partial charge on any atom is -0.468 e. The average Bonchev–Trinajstić information content (AvgIpc) is 3.03. The van der Waals surface area contributed by atoms with Crippen LogP contribution in [0.1, 0.15) is 19.3 Å². The van der Waals surface area contributed by atoms with Gasteiger partial charge in [0.1, 0.15) is 11.8 Å². The third-order valence-electron chi connectivity index (χ3n) is 3.75. The Bertz CT molecular complexity index is 699. The molecule has 1 N–H and O–H groups in total. The number of carbonyl (C=O) groups is 2. The van der Waals surface area contributed by atoms with Crippen LogP contribution in [0.15, 0.2) is 12.7 Å². The van der Waals surface area contributed by atoms with Crippen LogP contribution >= 0.6 is 0 Å². The van der Waals surface area contributed by atoms with Crippen LogP contribution in [-0.2, 0) is 25.6 Å². The molecule has 0 radical (unpaired) electrons. The van der Waals surface area contributed by atoms with Gasteiger partial charge in [0, 0.05) is 13.6 Å². The molecule has 0 unspecified atom stereocenters. The summed E-state index contributed by atoms with van der Waals surface area (Å²) in [4.78, 5) is 35.9. The number of hydrogen-bond acceptors (Lipinski definition) is 8. The van der Waals surface area contributed by atoms with Crippen molar-refractivity contribution in [3.8, 4) is 0 Å². The Morgan fingerprint density at radius 2 is 1.88 bits per heavy atom. The minimum atomic E-state index is -0.877. The highest BCUT2D eigenvalue weighted by Gasteiger charge is 2.27. The zero-order chi connectivity index (χ0) is 17.5. The van der Waals surface area contributed by atoms with E-state index in [1.807, 2.05) is 4.57 Å². The monoisotopic (exact) mass is 335 g/mol.